The predicted octanol–water partition coefficient (Wildman–Crippen LogP) is 2.30. The monoisotopic (exact) mass is 330 g/mol. The zero-order valence-electron chi connectivity index (χ0n) is 10.4. The van der Waals surface area contributed by atoms with Gasteiger partial charge in [0.25, 0.3) is 0 Å². The first-order chi connectivity index (χ1) is 9.16. The summed E-state index contributed by atoms with van der Waals surface area (Å²) in [6, 6.07) is 4.54. The third kappa shape index (κ3) is 4.26. The van der Waals surface area contributed by atoms with Gasteiger partial charge in [-0.25, -0.2) is 4.39 Å². The third-order valence-electron chi connectivity index (χ3n) is 2.96. The van der Waals surface area contributed by atoms with Crippen molar-refractivity contribution in [3.8, 4) is 0 Å². The quantitative estimate of drug-likeness (QED) is 0.890. The summed E-state index contributed by atoms with van der Waals surface area (Å²) in [5.74, 6) is -0.811. The maximum absolute atomic E-state index is 13.5. The van der Waals surface area contributed by atoms with Gasteiger partial charge in [0.05, 0.1) is 11.8 Å². The van der Waals surface area contributed by atoms with Gasteiger partial charge < -0.3 is 15.4 Å². The van der Waals surface area contributed by atoms with Crippen LogP contribution >= 0.6 is 15.9 Å². The molecular weight excluding hydrogens is 315 g/mol. The summed E-state index contributed by atoms with van der Waals surface area (Å²) >= 11 is 3.20. The van der Waals surface area contributed by atoms with Crippen LogP contribution in [0.4, 0.5) is 10.1 Å². The van der Waals surface area contributed by atoms with Crippen molar-refractivity contribution >= 4 is 27.5 Å². The van der Waals surface area contributed by atoms with E-state index in [1.807, 2.05) is 0 Å². The zero-order valence-corrected chi connectivity index (χ0v) is 12.0. The van der Waals surface area contributed by atoms with Gasteiger partial charge in [0.15, 0.2) is 0 Å². The second-order valence-electron chi connectivity index (χ2n) is 4.41. The van der Waals surface area contributed by atoms with Crippen molar-refractivity contribution in [2.24, 2.45) is 0 Å². The van der Waals surface area contributed by atoms with E-state index in [4.69, 9.17) is 4.74 Å². The van der Waals surface area contributed by atoms with Crippen LogP contribution in [0.5, 0.6) is 0 Å². The minimum atomic E-state index is -0.468. The average molecular weight is 331 g/mol. The maximum atomic E-state index is 13.5. The molecule has 2 N–H and O–H groups in total. The number of amides is 1. The molecule has 0 bridgehead atoms. The number of anilines is 1. The number of ether oxygens (including phenoxy) is 1. The molecule has 6 heteroatoms. The molecule has 1 amide bonds. The van der Waals surface area contributed by atoms with E-state index in [0.717, 1.165) is 25.9 Å². The zero-order chi connectivity index (χ0) is 13.7. The fraction of sp³-hybridized carbons (Fsp3) is 0.462. The molecule has 0 atom stereocenters. The summed E-state index contributed by atoms with van der Waals surface area (Å²) in [4.78, 5) is 11.7. The van der Waals surface area contributed by atoms with E-state index in [2.05, 4.69) is 26.6 Å². The minimum absolute atomic E-state index is 0.0502. The highest BCUT2D eigenvalue weighted by Gasteiger charge is 2.16. The van der Waals surface area contributed by atoms with Crippen LogP contribution < -0.4 is 10.6 Å². The fourth-order valence-corrected chi connectivity index (χ4v) is 2.39. The summed E-state index contributed by atoms with van der Waals surface area (Å²) in [6.45, 7) is 1.77. The number of hydrogen-bond donors (Lipinski definition) is 2. The topological polar surface area (TPSA) is 50.4 Å². The van der Waals surface area contributed by atoms with Gasteiger partial charge in [-0.2, -0.15) is 0 Å². The molecule has 0 spiro atoms. The molecule has 0 radical (unpaired) electrons. The number of carbonyl (C=O) groups is 1. The molecule has 4 nitrogen and oxygen atoms in total. The van der Waals surface area contributed by atoms with Crippen molar-refractivity contribution in [2.45, 2.75) is 18.9 Å². The molecule has 1 saturated heterocycles. The van der Waals surface area contributed by atoms with Crippen molar-refractivity contribution in [2.75, 3.05) is 25.0 Å². The van der Waals surface area contributed by atoms with Crippen LogP contribution in [0, 0.1) is 5.82 Å². The van der Waals surface area contributed by atoms with Gasteiger partial charge in [0.2, 0.25) is 5.91 Å². The van der Waals surface area contributed by atoms with E-state index in [9.17, 15) is 9.18 Å². The first-order valence-corrected chi connectivity index (χ1v) is 7.02. The van der Waals surface area contributed by atoms with Gasteiger partial charge in [-0.15, -0.1) is 0 Å². The average Bonchev–Trinajstić information content (AvgIpc) is 2.42. The van der Waals surface area contributed by atoms with Crippen LogP contribution in [0.2, 0.25) is 0 Å². The summed E-state index contributed by atoms with van der Waals surface area (Å²) in [7, 11) is 0. The Morgan fingerprint density at radius 2 is 2.21 bits per heavy atom. The van der Waals surface area contributed by atoms with Gasteiger partial charge in [0.1, 0.15) is 12.4 Å². The molecule has 19 heavy (non-hydrogen) atoms. The van der Waals surface area contributed by atoms with Crippen molar-refractivity contribution in [3.63, 3.8) is 0 Å². The van der Waals surface area contributed by atoms with Crippen LogP contribution in [0.25, 0.3) is 0 Å². The normalized spacial score (nSPS) is 16.3. The second kappa shape index (κ2) is 6.98. The Hall–Kier alpha value is -0.980. The van der Waals surface area contributed by atoms with Gasteiger partial charge in [-0.1, -0.05) is 6.07 Å². The van der Waals surface area contributed by atoms with Crippen molar-refractivity contribution in [1.82, 2.24) is 5.32 Å². The lowest BCUT2D eigenvalue weighted by atomic mass is 10.1. The summed E-state index contributed by atoms with van der Waals surface area (Å²) in [6.07, 6.45) is 1.91. The molecule has 2 rings (SSSR count). The highest BCUT2D eigenvalue weighted by Crippen LogP contribution is 2.25. The smallest absolute Gasteiger partial charge is 0.250 e. The molecule has 0 saturated carbocycles. The molecule has 1 aliphatic rings. The SMILES string of the molecule is O=C(COC1CCNCC1)Nc1c(F)cccc1Br. The Morgan fingerprint density at radius 1 is 1.47 bits per heavy atom. The Morgan fingerprint density at radius 3 is 2.89 bits per heavy atom. The number of piperidine rings is 1. The van der Waals surface area contributed by atoms with Crippen molar-refractivity contribution < 1.29 is 13.9 Å². The van der Waals surface area contributed by atoms with Crippen molar-refractivity contribution in [3.05, 3.63) is 28.5 Å². The highest BCUT2D eigenvalue weighted by atomic mass is 79.9. The largest absolute Gasteiger partial charge is 0.368 e. The van der Waals surface area contributed by atoms with Gasteiger partial charge in [-0.05, 0) is 54.0 Å². The molecule has 0 aliphatic carbocycles. The predicted molar refractivity (Wildman–Crippen MR) is 74.6 cm³/mol. The summed E-state index contributed by atoms with van der Waals surface area (Å²) < 4.78 is 19.5. The number of halogens is 2. The van der Waals surface area contributed by atoms with Crippen LogP contribution in [-0.4, -0.2) is 31.7 Å². The fourth-order valence-electron chi connectivity index (χ4n) is 1.95. The first kappa shape index (κ1) is 14.4. The molecule has 1 aliphatic heterocycles. The maximum Gasteiger partial charge on any atom is 0.250 e. The van der Waals surface area contributed by atoms with E-state index in [1.54, 1.807) is 12.1 Å². The molecular formula is C13H16BrFN2O2. The van der Waals surface area contributed by atoms with Gasteiger partial charge in [0, 0.05) is 4.47 Å². The van der Waals surface area contributed by atoms with Gasteiger partial charge >= 0.3 is 0 Å². The number of benzene rings is 1. The molecule has 1 heterocycles. The summed E-state index contributed by atoms with van der Waals surface area (Å²) in [5.41, 5.74) is 0.154. The lowest BCUT2D eigenvalue weighted by Gasteiger charge is -2.22. The van der Waals surface area contributed by atoms with E-state index >= 15 is 0 Å². The van der Waals surface area contributed by atoms with E-state index in [0.29, 0.717) is 4.47 Å². The van der Waals surface area contributed by atoms with E-state index in [1.165, 1.54) is 6.07 Å². The Bertz CT molecular complexity index is 430. The number of hydrogen-bond acceptors (Lipinski definition) is 3. The molecule has 0 unspecified atom stereocenters. The standard InChI is InChI=1S/C13H16BrFN2O2/c14-10-2-1-3-11(15)13(10)17-12(18)8-19-9-4-6-16-7-5-9/h1-3,9,16H,4-8H2,(H,17,18). The lowest BCUT2D eigenvalue weighted by Crippen LogP contribution is -2.34. The molecule has 1 aromatic carbocycles. The third-order valence-corrected chi connectivity index (χ3v) is 3.62. The van der Waals surface area contributed by atoms with Crippen LogP contribution in [0.1, 0.15) is 12.8 Å². The number of rotatable bonds is 4. The second-order valence-corrected chi connectivity index (χ2v) is 5.26. The highest BCUT2D eigenvalue weighted by molar-refractivity contribution is 9.10. The van der Waals surface area contributed by atoms with Crippen molar-refractivity contribution in [1.29, 1.82) is 0 Å². The lowest BCUT2D eigenvalue weighted by molar-refractivity contribution is -0.123. The van der Waals surface area contributed by atoms with Crippen LogP contribution in [0.3, 0.4) is 0 Å². The molecule has 1 fully saturated rings. The van der Waals surface area contributed by atoms with Gasteiger partial charge in [-0.3, -0.25) is 4.79 Å². The van der Waals surface area contributed by atoms with E-state index < -0.39 is 5.82 Å². The van der Waals surface area contributed by atoms with Crippen LogP contribution in [0.15, 0.2) is 22.7 Å². The summed E-state index contributed by atoms with van der Waals surface area (Å²) in [5, 5.41) is 5.74. The number of carbonyl (C=O) groups excluding carboxylic acids is 1. The number of nitrogens with one attached hydrogen (secondary N) is 2. The molecule has 0 aromatic heterocycles. The molecule has 104 valence electrons. The van der Waals surface area contributed by atoms with E-state index in [-0.39, 0.29) is 24.3 Å². The first-order valence-electron chi connectivity index (χ1n) is 6.23. The van der Waals surface area contributed by atoms with Crippen LogP contribution in [-0.2, 0) is 9.53 Å². The number of para-hydroxylation sites is 1. The minimum Gasteiger partial charge on any atom is -0.368 e. The Kier molecular flexibility index (Phi) is 5.30. The molecule has 1 aromatic rings. The Labute approximate surface area is 119 Å². The Balaban J connectivity index is 1.83.